The standard InChI is InChI=1S/C19H22Cl3NO3/c1-3-25-18-10-14(11-23-6-7-24-2)9-17(22)19(18)26-12-13-4-5-15(20)16(21)8-13/h4-5,8-10,23H,3,6-7,11-12H2,1-2H3. The number of methoxy groups -OCH3 is 1. The number of ether oxygens (including phenoxy) is 3. The van der Waals surface area contributed by atoms with E-state index in [4.69, 9.17) is 49.0 Å². The summed E-state index contributed by atoms with van der Waals surface area (Å²) in [5, 5.41) is 4.78. The van der Waals surface area contributed by atoms with Crippen molar-refractivity contribution in [1.82, 2.24) is 5.32 Å². The van der Waals surface area contributed by atoms with E-state index in [1.807, 2.05) is 25.1 Å². The average molecular weight is 419 g/mol. The van der Waals surface area contributed by atoms with Crippen molar-refractivity contribution in [2.24, 2.45) is 0 Å². The van der Waals surface area contributed by atoms with E-state index in [-0.39, 0.29) is 0 Å². The Labute approximate surface area is 169 Å². The van der Waals surface area contributed by atoms with Crippen LogP contribution >= 0.6 is 34.8 Å². The molecule has 2 aromatic carbocycles. The highest BCUT2D eigenvalue weighted by Crippen LogP contribution is 2.37. The predicted octanol–water partition coefficient (Wildman–Crippen LogP) is 5.36. The van der Waals surface area contributed by atoms with Gasteiger partial charge in [0.1, 0.15) is 6.61 Å². The second-order valence-electron chi connectivity index (χ2n) is 5.54. The van der Waals surface area contributed by atoms with Crippen molar-refractivity contribution in [2.75, 3.05) is 26.9 Å². The molecule has 0 saturated heterocycles. The number of halogens is 3. The lowest BCUT2D eigenvalue weighted by Crippen LogP contribution is -2.18. The van der Waals surface area contributed by atoms with Crippen LogP contribution in [-0.2, 0) is 17.9 Å². The molecule has 0 saturated carbocycles. The van der Waals surface area contributed by atoms with E-state index in [2.05, 4.69) is 5.32 Å². The van der Waals surface area contributed by atoms with Crippen molar-refractivity contribution < 1.29 is 14.2 Å². The fraction of sp³-hybridized carbons (Fsp3) is 0.368. The van der Waals surface area contributed by atoms with Crippen molar-refractivity contribution >= 4 is 34.8 Å². The van der Waals surface area contributed by atoms with E-state index in [0.29, 0.717) is 52.9 Å². The van der Waals surface area contributed by atoms with Gasteiger partial charge in [-0.1, -0.05) is 40.9 Å². The molecule has 142 valence electrons. The van der Waals surface area contributed by atoms with E-state index in [9.17, 15) is 0 Å². The van der Waals surface area contributed by atoms with Gasteiger partial charge in [-0.05, 0) is 42.3 Å². The highest BCUT2D eigenvalue weighted by molar-refractivity contribution is 6.42. The highest BCUT2D eigenvalue weighted by atomic mass is 35.5. The lowest BCUT2D eigenvalue weighted by Gasteiger charge is -2.16. The topological polar surface area (TPSA) is 39.7 Å². The summed E-state index contributed by atoms with van der Waals surface area (Å²) in [5.74, 6) is 1.13. The van der Waals surface area contributed by atoms with Crippen LogP contribution in [0.25, 0.3) is 0 Å². The maximum Gasteiger partial charge on any atom is 0.180 e. The minimum absolute atomic E-state index is 0.308. The van der Waals surface area contributed by atoms with Crippen LogP contribution < -0.4 is 14.8 Å². The molecule has 0 heterocycles. The second-order valence-corrected chi connectivity index (χ2v) is 6.77. The molecule has 0 spiro atoms. The Hall–Kier alpha value is -1.17. The van der Waals surface area contributed by atoms with Crippen molar-refractivity contribution in [1.29, 1.82) is 0 Å². The zero-order valence-electron chi connectivity index (χ0n) is 14.8. The Morgan fingerprint density at radius 3 is 2.38 bits per heavy atom. The summed E-state index contributed by atoms with van der Waals surface area (Å²) < 4.78 is 16.6. The molecule has 1 N–H and O–H groups in total. The smallest absolute Gasteiger partial charge is 0.180 e. The lowest BCUT2D eigenvalue weighted by atomic mass is 10.2. The lowest BCUT2D eigenvalue weighted by molar-refractivity contribution is 0.199. The van der Waals surface area contributed by atoms with Crippen LogP contribution in [0.1, 0.15) is 18.1 Å². The minimum Gasteiger partial charge on any atom is -0.490 e. The zero-order chi connectivity index (χ0) is 18.9. The van der Waals surface area contributed by atoms with E-state index >= 15 is 0 Å². The normalized spacial score (nSPS) is 10.8. The van der Waals surface area contributed by atoms with Gasteiger partial charge < -0.3 is 19.5 Å². The number of nitrogens with one attached hydrogen (secondary N) is 1. The fourth-order valence-electron chi connectivity index (χ4n) is 2.32. The van der Waals surface area contributed by atoms with Gasteiger partial charge in [0, 0.05) is 20.2 Å². The SMILES string of the molecule is CCOc1cc(CNCCOC)cc(Cl)c1OCc1ccc(Cl)c(Cl)c1. The van der Waals surface area contributed by atoms with Gasteiger partial charge in [-0.3, -0.25) is 0 Å². The van der Waals surface area contributed by atoms with Crippen LogP contribution in [0, 0.1) is 0 Å². The molecular formula is C19H22Cl3NO3. The molecule has 0 radical (unpaired) electrons. The Morgan fingerprint density at radius 2 is 1.69 bits per heavy atom. The van der Waals surface area contributed by atoms with Crippen molar-refractivity contribution in [2.45, 2.75) is 20.1 Å². The maximum atomic E-state index is 6.43. The third kappa shape index (κ3) is 6.22. The summed E-state index contributed by atoms with van der Waals surface area (Å²) in [7, 11) is 1.67. The van der Waals surface area contributed by atoms with Gasteiger partial charge in [0.25, 0.3) is 0 Å². The molecule has 2 aromatic rings. The van der Waals surface area contributed by atoms with Gasteiger partial charge in [-0.25, -0.2) is 0 Å². The summed E-state index contributed by atoms with van der Waals surface area (Å²) in [6.07, 6.45) is 0. The first-order valence-corrected chi connectivity index (χ1v) is 9.40. The second kappa shape index (κ2) is 10.9. The molecule has 0 aliphatic heterocycles. The molecule has 0 unspecified atom stereocenters. The fourth-order valence-corrected chi connectivity index (χ4v) is 2.93. The van der Waals surface area contributed by atoms with Gasteiger partial charge in [-0.2, -0.15) is 0 Å². The Kier molecular flexibility index (Phi) is 8.82. The number of hydrogen-bond acceptors (Lipinski definition) is 4. The Balaban J connectivity index is 2.11. The van der Waals surface area contributed by atoms with Crippen molar-refractivity contribution in [3.05, 3.63) is 56.5 Å². The molecular weight excluding hydrogens is 397 g/mol. The first-order chi connectivity index (χ1) is 12.5. The monoisotopic (exact) mass is 417 g/mol. The molecule has 4 nitrogen and oxygen atoms in total. The zero-order valence-corrected chi connectivity index (χ0v) is 17.0. The summed E-state index contributed by atoms with van der Waals surface area (Å²) in [6, 6.07) is 9.17. The molecule has 0 aliphatic rings. The molecule has 0 aromatic heterocycles. The molecule has 0 bridgehead atoms. The summed E-state index contributed by atoms with van der Waals surface area (Å²) in [4.78, 5) is 0. The minimum atomic E-state index is 0.308. The number of hydrogen-bond donors (Lipinski definition) is 1. The Bertz CT molecular complexity index is 725. The third-order valence-corrected chi connectivity index (χ3v) is 4.57. The first-order valence-electron chi connectivity index (χ1n) is 8.26. The van der Waals surface area contributed by atoms with Gasteiger partial charge in [-0.15, -0.1) is 0 Å². The van der Waals surface area contributed by atoms with E-state index in [1.54, 1.807) is 19.2 Å². The van der Waals surface area contributed by atoms with E-state index in [0.717, 1.165) is 17.7 Å². The van der Waals surface area contributed by atoms with Crippen LogP contribution in [-0.4, -0.2) is 26.9 Å². The molecule has 2 rings (SSSR count). The van der Waals surface area contributed by atoms with Gasteiger partial charge in [0.15, 0.2) is 11.5 Å². The van der Waals surface area contributed by atoms with Crippen LogP contribution in [0.15, 0.2) is 30.3 Å². The third-order valence-electron chi connectivity index (χ3n) is 3.55. The quantitative estimate of drug-likeness (QED) is 0.527. The largest absolute Gasteiger partial charge is 0.490 e. The molecule has 0 atom stereocenters. The van der Waals surface area contributed by atoms with Gasteiger partial charge in [0.2, 0.25) is 0 Å². The van der Waals surface area contributed by atoms with Crippen LogP contribution in [0.3, 0.4) is 0 Å². The predicted molar refractivity (Wildman–Crippen MR) is 107 cm³/mol. The van der Waals surface area contributed by atoms with Crippen LogP contribution in [0.4, 0.5) is 0 Å². The van der Waals surface area contributed by atoms with Crippen molar-refractivity contribution in [3.63, 3.8) is 0 Å². The molecule has 26 heavy (non-hydrogen) atoms. The summed E-state index contributed by atoms with van der Waals surface area (Å²) in [5.41, 5.74) is 1.90. The molecule has 0 amide bonds. The van der Waals surface area contributed by atoms with E-state index < -0.39 is 0 Å². The summed E-state index contributed by atoms with van der Waals surface area (Å²) >= 11 is 18.4. The summed E-state index contributed by atoms with van der Waals surface area (Å²) in [6.45, 7) is 4.81. The van der Waals surface area contributed by atoms with Crippen molar-refractivity contribution in [3.8, 4) is 11.5 Å². The average Bonchev–Trinajstić information content (AvgIpc) is 2.61. The number of rotatable bonds is 10. The first kappa shape index (κ1) is 21.1. The van der Waals surface area contributed by atoms with E-state index in [1.165, 1.54) is 0 Å². The Morgan fingerprint density at radius 1 is 0.923 bits per heavy atom. The highest BCUT2D eigenvalue weighted by Gasteiger charge is 2.13. The molecule has 0 fully saturated rings. The van der Waals surface area contributed by atoms with Gasteiger partial charge >= 0.3 is 0 Å². The number of benzene rings is 2. The molecule has 0 aliphatic carbocycles. The van der Waals surface area contributed by atoms with Crippen LogP contribution in [0.5, 0.6) is 11.5 Å². The maximum absolute atomic E-state index is 6.43. The van der Waals surface area contributed by atoms with Gasteiger partial charge in [0.05, 0.1) is 28.3 Å². The molecule has 7 heteroatoms. The van der Waals surface area contributed by atoms with Crippen LogP contribution in [0.2, 0.25) is 15.1 Å².